The van der Waals surface area contributed by atoms with Gasteiger partial charge in [0.1, 0.15) is 5.82 Å². The van der Waals surface area contributed by atoms with Gasteiger partial charge in [0, 0.05) is 31.4 Å². The smallest absolute Gasteiger partial charge is 0.395 e. The molecule has 1 aromatic heterocycles. The number of aliphatic hydroxyl groups is 1. The zero-order valence-corrected chi connectivity index (χ0v) is 21.7. The second kappa shape index (κ2) is 11.7. The number of aryl methyl sites for hydroxylation is 2. The highest BCUT2D eigenvalue weighted by molar-refractivity contribution is 7.89. The number of nitrogens with zero attached hydrogens (tertiary/aromatic N) is 4. The molecule has 1 aliphatic rings. The molecule has 1 aliphatic heterocycles. The lowest BCUT2D eigenvalue weighted by molar-refractivity contribution is -0.0492. The molecule has 2 aromatic carbocycles. The van der Waals surface area contributed by atoms with Crippen molar-refractivity contribution in [3.05, 3.63) is 83.4 Å². The van der Waals surface area contributed by atoms with Crippen LogP contribution in [0.25, 0.3) is 0 Å². The first-order chi connectivity index (χ1) is 18.1. The minimum absolute atomic E-state index is 0.0495. The molecule has 2 N–H and O–H groups in total. The van der Waals surface area contributed by atoms with Crippen LogP contribution < -0.4 is 10.2 Å². The monoisotopic (exact) mass is 549 g/mol. The van der Waals surface area contributed by atoms with Crippen molar-refractivity contribution in [3.8, 4) is 0 Å². The zero-order valence-electron chi connectivity index (χ0n) is 20.9. The second-order valence-electron chi connectivity index (χ2n) is 9.16. The number of rotatable bonds is 9. The highest BCUT2D eigenvalue weighted by Gasteiger charge is 2.51. The largest absolute Gasteiger partial charge is 0.511 e. The number of benzene rings is 2. The summed E-state index contributed by atoms with van der Waals surface area (Å²) in [6.07, 6.45) is 4.12. The Morgan fingerprint density at radius 2 is 1.79 bits per heavy atom. The lowest BCUT2D eigenvalue weighted by Crippen LogP contribution is -2.47. The fourth-order valence-electron chi connectivity index (χ4n) is 4.58. The summed E-state index contributed by atoms with van der Waals surface area (Å²) in [5.74, 6) is 0.434. The number of alkyl halides is 3. The third-order valence-electron chi connectivity index (χ3n) is 6.58. The number of fused-ring (bicyclic) bond motifs is 1. The van der Waals surface area contributed by atoms with Gasteiger partial charge in [0.05, 0.1) is 31.2 Å². The van der Waals surface area contributed by atoms with E-state index in [1.807, 2.05) is 41.3 Å². The van der Waals surface area contributed by atoms with Crippen LogP contribution in [0.1, 0.15) is 28.9 Å². The molecule has 12 heteroatoms. The molecule has 0 amide bonds. The SMILES string of the molecule is Cc1cccc2c1CN(S(=O)(=O)C(F)(F)F)CC(CCc1ccccc1)N2Cc1ncc(NCCO)cn1. The maximum atomic E-state index is 13.7. The van der Waals surface area contributed by atoms with Gasteiger partial charge in [-0.05, 0) is 42.5 Å². The van der Waals surface area contributed by atoms with Gasteiger partial charge in [-0.3, -0.25) is 0 Å². The quantitative estimate of drug-likeness (QED) is 0.418. The van der Waals surface area contributed by atoms with Crippen LogP contribution in [0.3, 0.4) is 0 Å². The molecule has 38 heavy (non-hydrogen) atoms. The summed E-state index contributed by atoms with van der Waals surface area (Å²) in [5, 5.41) is 12.0. The van der Waals surface area contributed by atoms with Crippen molar-refractivity contribution in [1.82, 2.24) is 14.3 Å². The lowest BCUT2D eigenvalue weighted by atomic mass is 10.0. The van der Waals surface area contributed by atoms with E-state index in [9.17, 15) is 21.6 Å². The molecule has 204 valence electrons. The van der Waals surface area contributed by atoms with E-state index in [0.717, 1.165) is 5.56 Å². The van der Waals surface area contributed by atoms with Gasteiger partial charge in [-0.1, -0.05) is 42.5 Å². The predicted molar refractivity (Wildman–Crippen MR) is 139 cm³/mol. The Kier molecular flexibility index (Phi) is 8.54. The normalized spacial score (nSPS) is 16.7. The molecule has 0 saturated heterocycles. The Hall–Kier alpha value is -3.22. The molecule has 0 radical (unpaired) electrons. The Balaban J connectivity index is 1.73. The molecule has 0 fully saturated rings. The van der Waals surface area contributed by atoms with E-state index in [2.05, 4.69) is 15.3 Å². The summed E-state index contributed by atoms with van der Waals surface area (Å²) < 4.78 is 66.9. The van der Waals surface area contributed by atoms with Crippen molar-refractivity contribution in [2.75, 3.05) is 29.9 Å². The van der Waals surface area contributed by atoms with Crippen LogP contribution in [0, 0.1) is 6.92 Å². The average molecular weight is 550 g/mol. The van der Waals surface area contributed by atoms with E-state index in [1.165, 1.54) is 0 Å². The molecule has 0 saturated carbocycles. The Labute approximate surface area is 220 Å². The van der Waals surface area contributed by atoms with Crippen molar-refractivity contribution in [1.29, 1.82) is 0 Å². The maximum absolute atomic E-state index is 13.7. The van der Waals surface area contributed by atoms with Gasteiger partial charge in [-0.25, -0.2) is 18.4 Å². The average Bonchev–Trinajstić information content (AvgIpc) is 3.05. The number of anilines is 2. The summed E-state index contributed by atoms with van der Waals surface area (Å²) in [6, 6.07) is 14.3. The molecule has 0 spiro atoms. The van der Waals surface area contributed by atoms with Crippen molar-refractivity contribution < 1.29 is 26.7 Å². The van der Waals surface area contributed by atoms with Gasteiger partial charge in [0.2, 0.25) is 0 Å². The van der Waals surface area contributed by atoms with E-state index < -0.39 is 21.6 Å². The van der Waals surface area contributed by atoms with E-state index in [1.54, 1.807) is 31.5 Å². The van der Waals surface area contributed by atoms with Crippen LogP contribution in [0.15, 0.2) is 60.9 Å². The third-order valence-corrected chi connectivity index (χ3v) is 8.13. The number of nitrogens with one attached hydrogen (secondary N) is 1. The van der Waals surface area contributed by atoms with E-state index >= 15 is 0 Å². The van der Waals surface area contributed by atoms with Crippen LogP contribution in [-0.4, -0.2) is 59.0 Å². The highest BCUT2D eigenvalue weighted by Crippen LogP contribution is 2.37. The number of aliphatic hydroxyl groups excluding tert-OH is 1. The van der Waals surface area contributed by atoms with Crippen LogP contribution in [0.2, 0.25) is 0 Å². The summed E-state index contributed by atoms with van der Waals surface area (Å²) in [4.78, 5) is 10.7. The number of halogens is 3. The zero-order chi connectivity index (χ0) is 27.3. The molecule has 0 aliphatic carbocycles. The van der Waals surface area contributed by atoms with E-state index in [0.29, 0.717) is 52.0 Å². The lowest BCUT2D eigenvalue weighted by Gasteiger charge is -2.34. The van der Waals surface area contributed by atoms with Gasteiger partial charge in [-0.15, -0.1) is 0 Å². The number of hydrogen-bond donors (Lipinski definition) is 2. The molecular formula is C26H30F3N5O3S. The highest BCUT2D eigenvalue weighted by atomic mass is 32.2. The van der Waals surface area contributed by atoms with Crippen LogP contribution in [0.5, 0.6) is 0 Å². The predicted octanol–water partition coefficient (Wildman–Crippen LogP) is 3.86. The third kappa shape index (κ3) is 6.25. The first kappa shape index (κ1) is 27.8. The Bertz CT molecular complexity index is 1320. The minimum Gasteiger partial charge on any atom is -0.395 e. The van der Waals surface area contributed by atoms with E-state index in [-0.39, 0.29) is 26.2 Å². The summed E-state index contributed by atoms with van der Waals surface area (Å²) >= 11 is 0. The van der Waals surface area contributed by atoms with Crippen LogP contribution in [-0.2, 0) is 29.5 Å². The summed E-state index contributed by atoms with van der Waals surface area (Å²) in [6.45, 7) is 1.51. The van der Waals surface area contributed by atoms with Crippen LogP contribution in [0.4, 0.5) is 24.5 Å². The number of aromatic nitrogens is 2. The second-order valence-corrected chi connectivity index (χ2v) is 11.1. The number of sulfonamides is 1. The molecule has 1 unspecified atom stereocenters. The Morgan fingerprint density at radius 3 is 2.45 bits per heavy atom. The summed E-state index contributed by atoms with van der Waals surface area (Å²) in [7, 11) is -5.56. The molecule has 2 heterocycles. The van der Waals surface area contributed by atoms with E-state index in [4.69, 9.17) is 5.11 Å². The van der Waals surface area contributed by atoms with Crippen molar-refractivity contribution in [2.45, 2.75) is 44.4 Å². The summed E-state index contributed by atoms with van der Waals surface area (Å²) in [5.41, 5.74) is -1.91. The van der Waals surface area contributed by atoms with Crippen molar-refractivity contribution in [3.63, 3.8) is 0 Å². The standard InChI is InChI=1S/C26H30F3N5O3S/c1-19-6-5-9-24-23(19)17-33(38(36,37)26(27,28)29)16-22(11-10-20-7-3-2-4-8-20)34(24)18-25-31-14-21(15-32-25)30-12-13-35/h2-9,14-15,22,30,35H,10-13,16-18H2,1H3. The van der Waals surface area contributed by atoms with Crippen LogP contribution >= 0.6 is 0 Å². The maximum Gasteiger partial charge on any atom is 0.511 e. The fraction of sp³-hybridized carbons (Fsp3) is 0.385. The van der Waals surface area contributed by atoms with Gasteiger partial charge in [0.25, 0.3) is 0 Å². The van der Waals surface area contributed by atoms with Gasteiger partial charge in [-0.2, -0.15) is 17.5 Å². The van der Waals surface area contributed by atoms with Crippen molar-refractivity contribution in [2.24, 2.45) is 0 Å². The fourth-order valence-corrected chi connectivity index (χ4v) is 5.54. The first-order valence-electron chi connectivity index (χ1n) is 12.2. The Morgan fingerprint density at radius 1 is 1.08 bits per heavy atom. The van der Waals surface area contributed by atoms with Gasteiger partial charge >= 0.3 is 15.5 Å². The molecule has 8 nitrogen and oxygen atoms in total. The number of hydrogen-bond acceptors (Lipinski definition) is 7. The first-order valence-corrected chi connectivity index (χ1v) is 13.7. The molecule has 1 atom stereocenters. The minimum atomic E-state index is -5.56. The molecule has 0 bridgehead atoms. The topological polar surface area (TPSA) is 98.7 Å². The van der Waals surface area contributed by atoms with Crippen molar-refractivity contribution >= 4 is 21.4 Å². The molecule has 4 rings (SSSR count). The molecular weight excluding hydrogens is 519 g/mol. The van der Waals surface area contributed by atoms with Gasteiger partial charge < -0.3 is 15.3 Å². The molecule has 3 aromatic rings. The van der Waals surface area contributed by atoms with Gasteiger partial charge in [0.15, 0.2) is 0 Å².